The molecule has 1 aliphatic carbocycles. The second-order valence-electron chi connectivity index (χ2n) is 9.88. The van der Waals surface area contributed by atoms with Crippen molar-refractivity contribution in [3.63, 3.8) is 0 Å². The fourth-order valence-electron chi connectivity index (χ4n) is 4.55. The Labute approximate surface area is 258 Å². The van der Waals surface area contributed by atoms with E-state index in [0.29, 0.717) is 30.9 Å². The van der Waals surface area contributed by atoms with Gasteiger partial charge < -0.3 is 9.64 Å². The maximum atomic E-state index is 14.7. The number of morpholine rings is 1. The molecule has 10 heteroatoms. The zero-order valence-corrected chi connectivity index (χ0v) is 26.2. The number of hydrogen-bond donors (Lipinski definition) is 0. The van der Waals surface area contributed by atoms with Crippen LogP contribution < -0.4 is 4.31 Å². The van der Waals surface area contributed by atoms with Gasteiger partial charge in [0.1, 0.15) is 12.4 Å². The highest BCUT2D eigenvalue weighted by Crippen LogP contribution is 2.36. The number of carbonyl (C=O) groups excluding carboxylic acids is 1. The smallest absolute Gasteiger partial charge is 0.249 e. The van der Waals surface area contributed by atoms with Crippen molar-refractivity contribution in [2.24, 2.45) is 0 Å². The SMILES string of the molecule is C=CC.CC[C@@H](CN(c1ccccc1F)S(=O)(=O)C1CC1)N1C(=O)COC[C@H]1c1ccc(Cl)cc1.Clc1ccccc1. The number of allylic oxidation sites excluding steroid dienone is 1. The number of rotatable bonds is 8. The summed E-state index contributed by atoms with van der Waals surface area (Å²) < 4.78 is 47.9. The quantitative estimate of drug-likeness (QED) is 0.238. The van der Waals surface area contributed by atoms with E-state index in [4.69, 9.17) is 27.9 Å². The first kappa shape index (κ1) is 33.6. The number of ether oxygens (including phenoxy) is 1. The van der Waals surface area contributed by atoms with Crippen LogP contribution in [0.5, 0.6) is 0 Å². The maximum Gasteiger partial charge on any atom is 0.249 e. The molecule has 0 spiro atoms. The van der Waals surface area contributed by atoms with Gasteiger partial charge in [-0.3, -0.25) is 9.10 Å². The molecule has 2 aliphatic rings. The van der Waals surface area contributed by atoms with Gasteiger partial charge in [-0.05, 0) is 68.1 Å². The largest absolute Gasteiger partial charge is 0.369 e. The Morgan fingerprint density at radius 2 is 1.60 bits per heavy atom. The van der Waals surface area contributed by atoms with Crippen LogP contribution in [0.3, 0.4) is 0 Å². The summed E-state index contributed by atoms with van der Waals surface area (Å²) in [6.07, 6.45) is 3.38. The van der Waals surface area contributed by atoms with Gasteiger partial charge in [-0.25, -0.2) is 12.8 Å². The number of carbonyl (C=O) groups is 1. The molecule has 1 saturated carbocycles. The number of benzene rings is 3. The van der Waals surface area contributed by atoms with E-state index in [0.717, 1.165) is 14.9 Å². The van der Waals surface area contributed by atoms with Gasteiger partial charge in [-0.1, -0.05) is 78.7 Å². The van der Waals surface area contributed by atoms with Crippen LogP contribution in [0, 0.1) is 5.82 Å². The predicted octanol–water partition coefficient (Wildman–Crippen LogP) is 7.69. The van der Waals surface area contributed by atoms with E-state index in [1.807, 2.05) is 56.3 Å². The van der Waals surface area contributed by atoms with Crippen LogP contribution in [0.15, 0.2) is 91.5 Å². The minimum atomic E-state index is -3.75. The van der Waals surface area contributed by atoms with Gasteiger partial charge in [0.25, 0.3) is 0 Å². The van der Waals surface area contributed by atoms with Crippen LogP contribution in [-0.4, -0.2) is 50.3 Å². The fourth-order valence-corrected chi connectivity index (χ4v) is 6.71. The van der Waals surface area contributed by atoms with Crippen molar-refractivity contribution in [1.29, 1.82) is 0 Å². The summed E-state index contributed by atoms with van der Waals surface area (Å²) in [6.45, 7) is 7.34. The summed E-state index contributed by atoms with van der Waals surface area (Å²) in [6, 6.07) is 21.6. The molecule has 2 atom stereocenters. The van der Waals surface area contributed by atoms with E-state index in [9.17, 15) is 17.6 Å². The Balaban J connectivity index is 0.000000413. The maximum absolute atomic E-state index is 14.7. The van der Waals surface area contributed by atoms with E-state index in [-0.39, 0.29) is 30.8 Å². The van der Waals surface area contributed by atoms with E-state index in [1.54, 1.807) is 29.2 Å². The second kappa shape index (κ2) is 16.1. The minimum Gasteiger partial charge on any atom is -0.369 e. The second-order valence-corrected chi connectivity index (χ2v) is 12.9. The lowest BCUT2D eigenvalue weighted by molar-refractivity contribution is -0.152. The first-order valence-electron chi connectivity index (χ1n) is 13.8. The molecule has 2 fully saturated rings. The highest BCUT2D eigenvalue weighted by atomic mass is 35.5. The van der Waals surface area contributed by atoms with Crippen molar-refractivity contribution in [2.45, 2.75) is 50.4 Å². The van der Waals surface area contributed by atoms with Crippen molar-refractivity contribution in [3.05, 3.63) is 113 Å². The summed E-state index contributed by atoms with van der Waals surface area (Å²) in [7, 11) is -3.75. The molecule has 1 heterocycles. The van der Waals surface area contributed by atoms with E-state index in [2.05, 4.69) is 6.58 Å². The number of anilines is 1. The lowest BCUT2D eigenvalue weighted by Gasteiger charge is -2.42. The zero-order chi connectivity index (χ0) is 30.7. The third-order valence-corrected chi connectivity index (χ3v) is 9.51. The minimum absolute atomic E-state index is 0.0154. The fraction of sp³-hybridized carbons (Fsp3) is 0.344. The molecule has 6 nitrogen and oxygen atoms in total. The van der Waals surface area contributed by atoms with Crippen LogP contribution in [0.4, 0.5) is 10.1 Å². The summed E-state index contributed by atoms with van der Waals surface area (Å²) in [5.41, 5.74) is 0.866. The standard InChI is InChI=1S/C23H26ClFN2O4S.C6H5Cl.C3H6/c1-2-18(27-22(14-31-15-23(27)28)16-7-9-17(24)10-8-16)13-26(32(29,30)19-11-12-19)21-6-4-3-5-20(21)25;7-6-4-2-1-3-5-6;1-3-2/h3-10,18-19,22H,2,11-15H2,1H3;1-5H;3H,1H2,2H3/t18-,22-;;/m0../s1. The summed E-state index contributed by atoms with van der Waals surface area (Å²) in [5.74, 6) is -0.825. The number of halogens is 3. The molecule has 0 bridgehead atoms. The summed E-state index contributed by atoms with van der Waals surface area (Å²) in [5, 5.41) is 0.867. The zero-order valence-electron chi connectivity index (χ0n) is 23.8. The molecule has 0 radical (unpaired) electrons. The van der Waals surface area contributed by atoms with Crippen LogP contribution in [0.1, 0.15) is 44.7 Å². The average Bonchev–Trinajstić information content (AvgIpc) is 3.83. The Morgan fingerprint density at radius 1 is 1.02 bits per heavy atom. The number of nitrogens with zero attached hydrogens (tertiary/aromatic N) is 2. The first-order valence-corrected chi connectivity index (χ1v) is 16.1. The van der Waals surface area contributed by atoms with Gasteiger partial charge in [-0.2, -0.15) is 0 Å². The highest BCUT2D eigenvalue weighted by Gasteiger charge is 2.43. The number of hydrogen-bond acceptors (Lipinski definition) is 4. The Kier molecular flexibility index (Phi) is 12.9. The van der Waals surface area contributed by atoms with E-state index < -0.39 is 27.1 Å². The number of sulfonamides is 1. The van der Waals surface area contributed by atoms with Crippen LogP contribution in [0.2, 0.25) is 10.0 Å². The third kappa shape index (κ3) is 9.04. The normalized spacial score (nSPS) is 17.2. The van der Waals surface area contributed by atoms with Crippen LogP contribution in [-0.2, 0) is 19.6 Å². The predicted molar refractivity (Wildman–Crippen MR) is 169 cm³/mol. The molecular formula is C32H37Cl2FN2O4S. The Morgan fingerprint density at radius 3 is 2.12 bits per heavy atom. The Hall–Kier alpha value is -2.91. The molecule has 1 amide bonds. The van der Waals surface area contributed by atoms with Gasteiger partial charge in [0.05, 0.1) is 36.2 Å². The lowest BCUT2D eigenvalue weighted by atomic mass is 10.0. The van der Waals surface area contributed by atoms with E-state index in [1.165, 1.54) is 18.2 Å². The first-order chi connectivity index (χ1) is 20.1. The van der Waals surface area contributed by atoms with Gasteiger partial charge in [0.15, 0.2) is 0 Å². The number of para-hydroxylation sites is 1. The average molecular weight is 636 g/mol. The molecule has 3 aromatic rings. The molecule has 0 aromatic heterocycles. The molecule has 0 N–H and O–H groups in total. The van der Waals surface area contributed by atoms with Crippen molar-refractivity contribution >= 4 is 44.8 Å². The van der Waals surface area contributed by atoms with Crippen molar-refractivity contribution in [2.75, 3.05) is 24.1 Å². The molecule has 226 valence electrons. The van der Waals surface area contributed by atoms with Crippen molar-refractivity contribution < 1.29 is 22.3 Å². The lowest BCUT2D eigenvalue weighted by Crippen LogP contribution is -2.54. The highest BCUT2D eigenvalue weighted by molar-refractivity contribution is 7.93. The molecule has 1 saturated heterocycles. The van der Waals surface area contributed by atoms with Crippen LogP contribution in [0.25, 0.3) is 0 Å². The summed E-state index contributed by atoms with van der Waals surface area (Å²) in [4.78, 5) is 14.7. The van der Waals surface area contributed by atoms with Gasteiger partial charge in [0.2, 0.25) is 15.9 Å². The van der Waals surface area contributed by atoms with Gasteiger partial charge in [-0.15, -0.1) is 6.58 Å². The van der Waals surface area contributed by atoms with Gasteiger partial charge in [0, 0.05) is 10.0 Å². The molecule has 5 rings (SSSR count). The third-order valence-electron chi connectivity index (χ3n) is 6.73. The van der Waals surface area contributed by atoms with Crippen molar-refractivity contribution in [3.8, 4) is 0 Å². The van der Waals surface area contributed by atoms with Gasteiger partial charge >= 0.3 is 0 Å². The topological polar surface area (TPSA) is 66.9 Å². The number of amides is 1. The molecule has 3 aromatic carbocycles. The molecule has 42 heavy (non-hydrogen) atoms. The van der Waals surface area contributed by atoms with E-state index >= 15 is 0 Å². The molecule has 1 aliphatic heterocycles. The monoisotopic (exact) mass is 634 g/mol. The summed E-state index contributed by atoms with van der Waals surface area (Å²) >= 11 is 11.6. The van der Waals surface area contributed by atoms with Crippen LogP contribution >= 0.6 is 23.2 Å². The molecular weight excluding hydrogens is 598 g/mol. The molecule has 0 unspecified atom stereocenters. The van der Waals surface area contributed by atoms with Crippen molar-refractivity contribution in [1.82, 2.24) is 4.90 Å². The Bertz CT molecular complexity index is 1400.